The lowest BCUT2D eigenvalue weighted by Gasteiger charge is -2.29. The predicted octanol–water partition coefficient (Wildman–Crippen LogP) is 1.80. The molecule has 0 aliphatic carbocycles. The number of fused-ring (bicyclic) bond motifs is 1. The Balaban J connectivity index is 1.31. The van der Waals surface area contributed by atoms with Gasteiger partial charge < -0.3 is 27.4 Å². The number of amides is 2. The average Bonchev–Trinajstić information content (AvgIpc) is 3.22. The van der Waals surface area contributed by atoms with Crippen molar-refractivity contribution in [3.63, 3.8) is 0 Å². The van der Waals surface area contributed by atoms with Crippen LogP contribution in [0.1, 0.15) is 17.5 Å². The van der Waals surface area contributed by atoms with E-state index in [0.29, 0.717) is 6.54 Å². The van der Waals surface area contributed by atoms with Crippen molar-refractivity contribution in [2.75, 3.05) is 31.6 Å². The predicted molar refractivity (Wildman–Crippen MR) is 140 cm³/mol. The summed E-state index contributed by atoms with van der Waals surface area (Å²) >= 11 is 0. The zero-order chi connectivity index (χ0) is 24.6. The van der Waals surface area contributed by atoms with E-state index in [4.69, 9.17) is 11.5 Å². The van der Waals surface area contributed by atoms with Gasteiger partial charge in [0, 0.05) is 43.6 Å². The number of nitrogens with zero attached hydrogens (tertiary/aromatic N) is 3. The number of guanidine groups is 1. The highest BCUT2D eigenvalue weighted by molar-refractivity contribution is 5.96. The maximum absolute atomic E-state index is 12.8. The third-order valence-corrected chi connectivity index (χ3v) is 5.85. The number of likely N-dealkylation sites (N-methyl/N-ethyl adjacent to an activating group) is 1. The van der Waals surface area contributed by atoms with E-state index in [1.807, 2.05) is 36.5 Å². The molecular weight excluding hydrogens is 440 g/mol. The summed E-state index contributed by atoms with van der Waals surface area (Å²) in [6.45, 7) is 3.81. The molecule has 35 heavy (non-hydrogen) atoms. The molecule has 2 heterocycles. The highest BCUT2D eigenvalue weighted by Gasteiger charge is 2.30. The van der Waals surface area contributed by atoms with Gasteiger partial charge in [0.2, 0.25) is 0 Å². The molecule has 2 aliphatic rings. The van der Waals surface area contributed by atoms with Crippen LogP contribution >= 0.6 is 0 Å². The molecule has 184 valence electrons. The second-order valence-electron chi connectivity index (χ2n) is 8.86. The largest absolute Gasteiger partial charge is 0.370 e. The molecule has 1 unspecified atom stereocenters. The first-order valence-electron chi connectivity index (χ1n) is 11.8. The number of hydrogen-bond donors (Lipinski definition) is 5. The third-order valence-electron chi connectivity index (χ3n) is 5.85. The zero-order valence-corrected chi connectivity index (χ0v) is 20.1. The van der Waals surface area contributed by atoms with Crippen molar-refractivity contribution in [2.24, 2.45) is 16.5 Å². The molecule has 2 amide bonds. The van der Waals surface area contributed by atoms with Gasteiger partial charge in [-0.15, -0.1) is 0 Å². The minimum Gasteiger partial charge on any atom is -0.370 e. The van der Waals surface area contributed by atoms with Crippen molar-refractivity contribution in [1.29, 1.82) is 0 Å². The Kier molecular flexibility index (Phi) is 8.02. The van der Waals surface area contributed by atoms with Crippen molar-refractivity contribution >= 4 is 17.7 Å². The number of aliphatic imine (C=N–C) groups is 1. The van der Waals surface area contributed by atoms with Gasteiger partial charge in [-0.05, 0) is 49.3 Å². The molecule has 0 aromatic heterocycles. The van der Waals surface area contributed by atoms with Crippen molar-refractivity contribution in [1.82, 2.24) is 20.9 Å². The van der Waals surface area contributed by atoms with Crippen molar-refractivity contribution in [3.05, 3.63) is 89.3 Å². The normalized spacial score (nSPS) is 16.8. The van der Waals surface area contributed by atoms with E-state index in [-0.39, 0.29) is 18.2 Å². The molecule has 2 aliphatic heterocycles. The fourth-order valence-corrected chi connectivity index (χ4v) is 4.17. The van der Waals surface area contributed by atoms with Crippen LogP contribution in [-0.4, -0.2) is 49.7 Å². The molecule has 0 saturated heterocycles. The van der Waals surface area contributed by atoms with Gasteiger partial charge in [0.15, 0.2) is 5.96 Å². The fraction of sp³-hybridized carbons (Fsp3) is 0.308. The molecule has 2 aromatic rings. The van der Waals surface area contributed by atoms with E-state index >= 15 is 0 Å². The minimum atomic E-state index is -0.193. The lowest BCUT2D eigenvalue weighted by atomic mass is 10.1. The zero-order valence-electron chi connectivity index (χ0n) is 20.1. The van der Waals surface area contributed by atoms with Crippen LogP contribution in [0.15, 0.2) is 83.1 Å². The van der Waals surface area contributed by atoms with Gasteiger partial charge >= 0.3 is 6.03 Å². The standard InChI is InChI=1S/C26H34N8O/c1-33(16-20-6-3-2-4-7-20)18-22-14-21-17-34(26(35)32-24(21)31-22)23-10-8-19(9-11-23)15-29-12-5-13-30-25(27)28/h2-4,6-11,14,17,24,29,31H,5,12-13,15-16,18H2,1H3,(H,32,35)(H4,27,28,30). The van der Waals surface area contributed by atoms with E-state index in [9.17, 15) is 4.79 Å². The van der Waals surface area contributed by atoms with E-state index in [1.165, 1.54) is 5.56 Å². The summed E-state index contributed by atoms with van der Waals surface area (Å²) < 4.78 is 0. The molecule has 0 bridgehead atoms. The maximum atomic E-state index is 12.8. The lowest BCUT2D eigenvalue weighted by molar-refractivity contribution is 0.243. The molecular formula is C26H34N8O. The monoisotopic (exact) mass is 474 g/mol. The number of benzene rings is 2. The molecule has 7 N–H and O–H groups in total. The molecule has 9 nitrogen and oxygen atoms in total. The summed E-state index contributed by atoms with van der Waals surface area (Å²) in [5.41, 5.74) is 16.0. The van der Waals surface area contributed by atoms with Crippen LogP contribution in [0, 0.1) is 0 Å². The highest BCUT2D eigenvalue weighted by Crippen LogP contribution is 2.25. The van der Waals surface area contributed by atoms with Crippen LogP contribution in [-0.2, 0) is 13.1 Å². The molecule has 4 rings (SSSR count). The number of carbonyl (C=O) groups is 1. The van der Waals surface area contributed by atoms with Gasteiger partial charge in [0.25, 0.3) is 0 Å². The summed E-state index contributed by atoms with van der Waals surface area (Å²) in [5, 5.41) is 9.85. The third kappa shape index (κ3) is 6.84. The quantitative estimate of drug-likeness (QED) is 0.192. The van der Waals surface area contributed by atoms with Crippen molar-refractivity contribution in [2.45, 2.75) is 25.7 Å². The Labute approximate surface area is 206 Å². The lowest BCUT2D eigenvalue weighted by Crippen LogP contribution is -2.52. The topological polar surface area (TPSA) is 124 Å². The van der Waals surface area contributed by atoms with Crippen LogP contribution in [0.5, 0.6) is 0 Å². The number of rotatable bonds is 11. The van der Waals surface area contributed by atoms with Gasteiger partial charge in [-0.2, -0.15) is 0 Å². The molecule has 1 atom stereocenters. The second-order valence-corrected chi connectivity index (χ2v) is 8.86. The van der Waals surface area contributed by atoms with E-state index in [1.54, 1.807) is 4.90 Å². The average molecular weight is 475 g/mol. The second kappa shape index (κ2) is 11.5. The van der Waals surface area contributed by atoms with Gasteiger partial charge in [-0.3, -0.25) is 14.8 Å². The molecule has 2 aromatic carbocycles. The molecule has 9 heteroatoms. The van der Waals surface area contributed by atoms with Crippen LogP contribution < -0.4 is 32.3 Å². The molecule has 0 fully saturated rings. The summed E-state index contributed by atoms with van der Waals surface area (Å²) in [6.07, 6.45) is 4.71. The Morgan fingerprint density at radius 3 is 2.57 bits per heavy atom. The first-order valence-corrected chi connectivity index (χ1v) is 11.8. The Morgan fingerprint density at radius 1 is 1.06 bits per heavy atom. The highest BCUT2D eigenvalue weighted by atomic mass is 16.2. The maximum Gasteiger partial charge on any atom is 0.327 e. The molecule has 0 radical (unpaired) electrons. The van der Waals surface area contributed by atoms with Gasteiger partial charge in [0.05, 0.1) is 5.69 Å². The van der Waals surface area contributed by atoms with Gasteiger partial charge in [-0.25, -0.2) is 4.79 Å². The van der Waals surface area contributed by atoms with E-state index in [0.717, 1.165) is 55.1 Å². The Morgan fingerprint density at radius 2 is 1.83 bits per heavy atom. The molecule has 0 spiro atoms. The number of urea groups is 1. The van der Waals surface area contributed by atoms with E-state index in [2.05, 4.69) is 63.2 Å². The number of nitrogens with two attached hydrogens (primary N) is 2. The summed E-state index contributed by atoms with van der Waals surface area (Å²) in [7, 11) is 2.09. The van der Waals surface area contributed by atoms with Crippen LogP contribution in [0.2, 0.25) is 0 Å². The molecule has 0 saturated carbocycles. The number of hydrogen-bond acceptors (Lipinski definition) is 5. The SMILES string of the molecule is CN(CC1=CC2=CN(c3ccc(CNCCCN=C(N)N)cc3)C(=O)NC2N1)Cc1ccccc1. The van der Waals surface area contributed by atoms with E-state index < -0.39 is 0 Å². The first-order chi connectivity index (χ1) is 17.0. The number of nitrogens with one attached hydrogen (secondary N) is 3. The van der Waals surface area contributed by atoms with Gasteiger partial charge in [-0.1, -0.05) is 42.5 Å². The number of carbonyl (C=O) groups excluding carboxylic acids is 1. The van der Waals surface area contributed by atoms with Crippen LogP contribution in [0.3, 0.4) is 0 Å². The van der Waals surface area contributed by atoms with Crippen LogP contribution in [0.25, 0.3) is 0 Å². The fourth-order valence-electron chi connectivity index (χ4n) is 4.17. The Hall–Kier alpha value is -3.82. The van der Waals surface area contributed by atoms with Gasteiger partial charge in [0.1, 0.15) is 6.17 Å². The van der Waals surface area contributed by atoms with Crippen LogP contribution in [0.4, 0.5) is 10.5 Å². The Bertz CT molecular complexity index is 1090. The smallest absolute Gasteiger partial charge is 0.327 e. The first kappa shape index (κ1) is 24.3. The van der Waals surface area contributed by atoms with Crippen molar-refractivity contribution < 1.29 is 4.79 Å². The number of anilines is 1. The summed E-state index contributed by atoms with van der Waals surface area (Å²) in [6, 6.07) is 18.2. The minimum absolute atomic E-state index is 0.124. The summed E-state index contributed by atoms with van der Waals surface area (Å²) in [5.74, 6) is 0.124. The van der Waals surface area contributed by atoms with Crippen molar-refractivity contribution in [3.8, 4) is 0 Å². The summed E-state index contributed by atoms with van der Waals surface area (Å²) in [4.78, 5) is 20.6.